The van der Waals surface area contributed by atoms with Crippen LogP contribution in [0.15, 0.2) is 24.3 Å². The van der Waals surface area contributed by atoms with Gasteiger partial charge in [0, 0.05) is 19.0 Å². The second kappa shape index (κ2) is 8.69. The summed E-state index contributed by atoms with van der Waals surface area (Å²) in [4.78, 5) is 6.04. The molecule has 0 spiro atoms. The zero-order chi connectivity index (χ0) is 15.9. The van der Waals surface area contributed by atoms with E-state index >= 15 is 0 Å². The third-order valence-electron chi connectivity index (χ3n) is 4.86. The minimum atomic E-state index is 0.513. The molecule has 0 N–H and O–H groups in total. The molecule has 2 unspecified atom stereocenters. The number of unbranched alkanes of at least 4 members (excludes halogenated alkanes) is 2. The number of hydrogen-bond donors (Lipinski definition) is 0. The summed E-state index contributed by atoms with van der Waals surface area (Å²) in [6.45, 7) is 7.75. The molecular weight excluding hydrogens is 270 g/mol. The van der Waals surface area contributed by atoms with Crippen LogP contribution < -0.4 is 0 Å². The zero-order valence-electron chi connectivity index (χ0n) is 14.8. The summed E-state index contributed by atoms with van der Waals surface area (Å²) in [7, 11) is 2.14. The quantitative estimate of drug-likeness (QED) is 0.484. The molecule has 1 aliphatic rings. The molecule has 0 saturated carbocycles. The summed E-state index contributed by atoms with van der Waals surface area (Å²) in [6, 6.07) is 9.52. The number of rotatable bonds is 8. The Morgan fingerprint density at radius 2 is 2.00 bits per heavy atom. The first-order valence-corrected chi connectivity index (χ1v) is 9.07. The number of hydroxylamine groups is 2. The van der Waals surface area contributed by atoms with Crippen LogP contribution in [0.25, 0.3) is 0 Å². The zero-order valence-corrected chi connectivity index (χ0v) is 14.8. The number of hydrogen-bond acceptors (Lipinski definition) is 2. The van der Waals surface area contributed by atoms with Gasteiger partial charge in [0.2, 0.25) is 0 Å². The Kier molecular flexibility index (Phi) is 6.91. The van der Waals surface area contributed by atoms with Crippen LogP contribution in [0, 0.1) is 5.92 Å². The van der Waals surface area contributed by atoms with Crippen molar-refractivity contribution >= 4 is 0 Å². The van der Waals surface area contributed by atoms with E-state index in [0.29, 0.717) is 17.9 Å². The van der Waals surface area contributed by atoms with Crippen LogP contribution in [0.2, 0.25) is 0 Å². The smallest absolute Gasteiger partial charge is 0.0685 e. The Hall–Kier alpha value is -0.860. The van der Waals surface area contributed by atoms with Crippen LogP contribution in [-0.2, 0) is 11.3 Å². The van der Waals surface area contributed by atoms with E-state index in [-0.39, 0.29) is 0 Å². The molecule has 2 rings (SSSR count). The molecule has 2 atom stereocenters. The molecule has 0 saturated heterocycles. The molecule has 0 aliphatic heterocycles. The minimum Gasteiger partial charge on any atom is -0.299 e. The van der Waals surface area contributed by atoms with Gasteiger partial charge in [-0.1, -0.05) is 57.9 Å². The summed E-state index contributed by atoms with van der Waals surface area (Å²) in [6.07, 6.45) is 7.30. The van der Waals surface area contributed by atoms with Crippen molar-refractivity contribution in [3.63, 3.8) is 0 Å². The van der Waals surface area contributed by atoms with Gasteiger partial charge < -0.3 is 0 Å². The molecule has 0 amide bonds. The topological polar surface area (TPSA) is 12.5 Å². The van der Waals surface area contributed by atoms with Crippen molar-refractivity contribution in [1.82, 2.24) is 5.06 Å². The lowest BCUT2D eigenvalue weighted by Gasteiger charge is -2.39. The van der Waals surface area contributed by atoms with E-state index in [9.17, 15) is 0 Å². The van der Waals surface area contributed by atoms with E-state index in [1.54, 1.807) is 11.1 Å². The van der Waals surface area contributed by atoms with Gasteiger partial charge in [-0.2, -0.15) is 5.06 Å². The molecule has 0 bridgehead atoms. The lowest BCUT2D eigenvalue weighted by atomic mass is 9.75. The molecule has 2 heteroatoms. The molecule has 1 aliphatic carbocycles. The van der Waals surface area contributed by atoms with E-state index in [2.05, 4.69) is 57.1 Å². The maximum Gasteiger partial charge on any atom is 0.0685 e. The average Bonchev–Trinajstić information content (AvgIpc) is 2.51. The average molecular weight is 303 g/mol. The molecule has 2 nitrogen and oxygen atoms in total. The predicted molar refractivity (Wildman–Crippen MR) is 94.0 cm³/mol. The first-order valence-electron chi connectivity index (χ1n) is 9.07. The number of nitrogens with zero attached hydrogens (tertiary/aromatic N) is 1. The summed E-state index contributed by atoms with van der Waals surface area (Å²) < 4.78 is 0. The van der Waals surface area contributed by atoms with Gasteiger partial charge in [0.15, 0.2) is 0 Å². The van der Waals surface area contributed by atoms with Crippen LogP contribution in [0.1, 0.15) is 69.9 Å². The third kappa shape index (κ3) is 4.57. The van der Waals surface area contributed by atoms with Gasteiger partial charge in [0.25, 0.3) is 0 Å². The second-order valence-electron chi connectivity index (χ2n) is 7.13. The van der Waals surface area contributed by atoms with E-state index in [0.717, 1.165) is 6.61 Å². The van der Waals surface area contributed by atoms with E-state index < -0.39 is 0 Å². The van der Waals surface area contributed by atoms with Crippen molar-refractivity contribution in [2.75, 3.05) is 13.7 Å². The van der Waals surface area contributed by atoms with Gasteiger partial charge in [-0.05, 0) is 42.7 Å². The number of fused-ring (bicyclic) bond motifs is 1. The highest BCUT2D eigenvalue weighted by Gasteiger charge is 2.32. The van der Waals surface area contributed by atoms with E-state index in [4.69, 9.17) is 4.84 Å². The van der Waals surface area contributed by atoms with Gasteiger partial charge in [0.1, 0.15) is 0 Å². The van der Waals surface area contributed by atoms with E-state index in [1.165, 1.54) is 38.5 Å². The van der Waals surface area contributed by atoms with Crippen molar-refractivity contribution in [2.24, 2.45) is 5.92 Å². The van der Waals surface area contributed by atoms with Gasteiger partial charge in [-0.3, -0.25) is 4.84 Å². The lowest BCUT2D eigenvalue weighted by Crippen LogP contribution is -2.40. The van der Waals surface area contributed by atoms with Crippen LogP contribution >= 0.6 is 0 Å². The Balaban J connectivity index is 2.06. The molecule has 0 heterocycles. The van der Waals surface area contributed by atoms with Crippen molar-refractivity contribution in [1.29, 1.82) is 0 Å². The molecule has 0 aromatic heterocycles. The second-order valence-corrected chi connectivity index (χ2v) is 7.13. The van der Waals surface area contributed by atoms with Crippen molar-refractivity contribution in [3.05, 3.63) is 35.4 Å². The van der Waals surface area contributed by atoms with Crippen molar-refractivity contribution in [2.45, 2.75) is 71.3 Å². The third-order valence-corrected chi connectivity index (χ3v) is 4.86. The molecule has 124 valence electrons. The number of aryl methyl sites for hydroxylation is 1. The van der Waals surface area contributed by atoms with Crippen molar-refractivity contribution < 1.29 is 4.84 Å². The lowest BCUT2D eigenvalue weighted by molar-refractivity contribution is -0.177. The fraction of sp³-hybridized carbons (Fsp3) is 0.700. The van der Waals surface area contributed by atoms with Gasteiger partial charge in [-0.25, -0.2) is 0 Å². The van der Waals surface area contributed by atoms with Crippen molar-refractivity contribution in [3.8, 4) is 0 Å². The summed E-state index contributed by atoms with van der Waals surface area (Å²) in [5, 5.41) is 2.17. The predicted octanol–water partition coefficient (Wildman–Crippen LogP) is 5.18. The minimum absolute atomic E-state index is 0.513. The first kappa shape index (κ1) is 17.5. The Morgan fingerprint density at radius 3 is 2.73 bits per heavy atom. The molecule has 0 radical (unpaired) electrons. The largest absolute Gasteiger partial charge is 0.299 e. The highest BCUT2D eigenvalue weighted by Crippen LogP contribution is 2.38. The Labute approximate surface area is 136 Å². The Morgan fingerprint density at radius 1 is 1.23 bits per heavy atom. The molecule has 22 heavy (non-hydrogen) atoms. The van der Waals surface area contributed by atoms with Crippen LogP contribution in [0.4, 0.5) is 0 Å². The monoisotopic (exact) mass is 303 g/mol. The first-order chi connectivity index (χ1) is 10.6. The van der Waals surface area contributed by atoms with Gasteiger partial charge in [-0.15, -0.1) is 0 Å². The maximum absolute atomic E-state index is 6.04. The SMILES string of the molecule is CCCCCON(C)C1CCc2ccccc2C1CC(C)C. The molecule has 0 fully saturated rings. The van der Waals surface area contributed by atoms with Crippen LogP contribution in [0.3, 0.4) is 0 Å². The molecular formula is C20H33NO. The number of benzene rings is 1. The molecule has 1 aromatic carbocycles. The highest BCUT2D eigenvalue weighted by molar-refractivity contribution is 5.34. The van der Waals surface area contributed by atoms with Gasteiger partial charge in [0.05, 0.1) is 6.61 Å². The van der Waals surface area contributed by atoms with Crippen LogP contribution in [-0.4, -0.2) is 24.8 Å². The maximum atomic E-state index is 6.04. The summed E-state index contributed by atoms with van der Waals surface area (Å²) >= 11 is 0. The number of likely N-dealkylation sites (N-methyl/N-ethyl adjacent to an activating group) is 1. The normalized spacial score (nSPS) is 21.4. The van der Waals surface area contributed by atoms with Crippen LogP contribution in [0.5, 0.6) is 0 Å². The summed E-state index contributed by atoms with van der Waals surface area (Å²) in [5.41, 5.74) is 3.10. The van der Waals surface area contributed by atoms with Gasteiger partial charge >= 0.3 is 0 Å². The Bertz CT molecular complexity index is 443. The fourth-order valence-corrected chi connectivity index (χ4v) is 3.72. The molecule has 1 aromatic rings. The highest BCUT2D eigenvalue weighted by atomic mass is 16.7. The fourth-order valence-electron chi connectivity index (χ4n) is 3.72. The summed E-state index contributed by atoms with van der Waals surface area (Å²) in [5.74, 6) is 1.31. The van der Waals surface area contributed by atoms with E-state index in [1.807, 2.05) is 0 Å². The standard InChI is InChI=1S/C20H33NO/c1-5-6-9-14-22-21(4)20-13-12-17-10-7-8-11-18(17)19(20)15-16(2)3/h7-8,10-11,16,19-20H,5-6,9,12-15H2,1-4H3.